The van der Waals surface area contributed by atoms with Crippen LogP contribution < -0.4 is 0 Å². The van der Waals surface area contributed by atoms with E-state index in [4.69, 9.17) is 5.11 Å². The lowest BCUT2D eigenvalue weighted by Gasteiger charge is -2.22. The first-order valence-corrected chi connectivity index (χ1v) is 8.05. The minimum atomic E-state index is -0.721. The molecule has 0 bridgehead atoms. The molecule has 0 spiro atoms. The Morgan fingerprint density at radius 2 is 2.30 bits per heavy atom. The van der Waals surface area contributed by atoms with Gasteiger partial charge >= 0.3 is 5.97 Å². The maximum Gasteiger partial charge on any atom is 0.306 e. The van der Waals surface area contributed by atoms with Crippen molar-refractivity contribution in [2.24, 2.45) is 5.92 Å². The molecule has 2 heterocycles. The second-order valence-electron chi connectivity index (χ2n) is 4.97. The fourth-order valence-electron chi connectivity index (χ4n) is 2.54. The van der Waals surface area contributed by atoms with Gasteiger partial charge in [0.2, 0.25) is 0 Å². The third-order valence-corrected chi connectivity index (χ3v) is 5.30. The molecule has 0 saturated heterocycles. The number of hydrogen-bond acceptors (Lipinski definition) is 4. The van der Waals surface area contributed by atoms with Crippen molar-refractivity contribution in [2.45, 2.75) is 26.2 Å². The number of halogens is 1. The van der Waals surface area contributed by atoms with Crippen LogP contribution in [-0.2, 0) is 17.6 Å². The van der Waals surface area contributed by atoms with Crippen LogP contribution in [0.5, 0.6) is 0 Å². The van der Waals surface area contributed by atoms with E-state index in [-0.39, 0.29) is 5.92 Å². The van der Waals surface area contributed by atoms with Gasteiger partial charge in [0.05, 0.1) is 10.8 Å². The molecule has 0 aromatic carbocycles. The van der Waals surface area contributed by atoms with Crippen molar-refractivity contribution < 1.29 is 9.90 Å². The van der Waals surface area contributed by atoms with E-state index in [1.54, 1.807) is 11.3 Å². The first kappa shape index (κ1) is 13.7. The average Bonchev–Trinajstić information content (AvgIpc) is 2.85. The molecule has 0 amide bonds. The van der Waals surface area contributed by atoms with Crippen LogP contribution in [-0.4, -0.2) is 21.0 Å². The van der Waals surface area contributed by atoms with Gasteiger partial charge < -0.3 is 5.11 Å². The van der Waals surface area contributed by atoms with Crippen molar-refractivity contribution in [1.29, 1.82) is 0 Å². The topological polar surface area (TPSA) is 63.1 Å². The van der Waals surface area contributed by atoms with Crippen LogP contribution >= 0.6 is 27.3 Å². The van der Waals surface area contributed by atoms with E-state index in [1.807, 2.05) is 18.4 Å². The van der Waals surface area contributed by atoms with Gasteiger partial charge in [0, 0.05) is 21.2 Å². The molecule has 1 atom stereocenters. The summed E-state index contributed by atoms with van der Waals surface area (Å²) in [5.74, 6) is -0.279. The van der Waals surface area contributed by atoms with Crippen LogP contribution in [0, 0.1) is 12.8 Å². The lowest BCUT2D eigenvalue weighted by Crippen LogP contribution is -2.24. The molecule has 0 aliphatic heterocycles. The molecule has 1 unspecified atom stereocenters. The zero-order valence-corrected chi connectivity index (χ0v) is 13.3. The van der Waals surface area contributed by atoms with Crippen molar-refractivity contribution in [2.75, 3.05) is 0 Å². The van der Waals surface area contributed by atoms with Gasteiger partial charge in [0.15, 0.2) is 5.82 Å². The van der Waals surface area contributed by atoms with Gasteiger partial charge in [0.1, 0.15) is 0 Å². The van der Waals surface area contributed by atoms with Crippen molar-refractivity contribution in [3.63, 3.8) is 0 Å². The maximum atomic E-state index is 11.1. The summed E-state index contributed by atoms with van der Waals surface area (Å²) in [4.78, 5) is 21.3. The zero-order valence-electron chi connectivity index (χ0n) is 10.9. The van der Waals surface area contributed by atoms with Crippen LogP contribution in [0.25, 0.3) is 10.7 Å². The molecular weight excluding hydrogens is 340 g/mol. The molecule has 1 aliphatic rings. The molecule has 1 N–H and O–H groups in total. The first-order valence-electron chi connectivity index (χ1n) is 6.38. The summed E-state index contributed by atoms with van der Waals surface area (Å²) >= 11 is 5.04. The molecule has 2 aromatic heterocycles. The zero-order chi connectivity index (χ0) is 14.3. The summed E-state index contributed by atoms with van der Waals surface area (Å²) in [6.07, 6.45) is 1.92. The fourth-order valence-corrected chi connectivity index (χ4v) is 3.90. The van der Waals surface area contributed by atoms with E-state index in [1.165, 1.54) is 0 Å². The Hall–Kier alpha value is -1.27. The highest BCUT2D eigenvalue weighted by molar-refractivity contribution is 9.10. The minimum Gasteiger partial charge on any atom is -0.481 e. The van der Waals surface area contributed by atoms with Gasteiger partial charge in [-0.05, 0) is 53.7 Å². The number of nitrogens with zero attached hydrogens (tertiary/aromatic N) is 2. The summed E-state index contributed by atoms with van der Waals surface area (Å²) in [6, 6.07) is 2.01. The summed E-state index contributed by atoms with van der Waals surface area (Å²) in [5, 5.41) is 11.2. The minimum absolute atomic E-state index is 0.300. The summed E-state index contributed by atoms with van der Waals surface area (Å²) in [5.41, 5.74) is 2.93. The van der Waals surface area contributed by atoms with E-state index in [0.717, 1.165) is 38.5 Å². The average molecular weight is 353 g/mol. The highest BCUT2D eigenvalue weighted by atomic mass is 79.9. The Morgan fingerprint density at radius 3 is 2.95 bits per heavy atom. The van der Waals surface area contributed by atoms with Gasteiger partial charge in [-0.15, -0.1) is 11.3 Å². The second-order valence-corrected chi connectivity index (χ2v) is 6.79. The van der Waals surface area contributed by atoms with Crippen molar-refractivity contribution in [3.8, 4) is 10.7 Å². The summed E-state index contributed by atoms with van der Waals surface area (Å²) < 4.78 is 1.03. The molecule has 104 valence electrons. The molecule has 1 aliphatic carbocycles. The number of carboxylic acid groups (broad SMARTS) is 1. The third kappa shape index (κ3) is 2.50. The van der Waals surface area contributed by atoms with Gasteiger partial charge in [-0.25, -0.2) is 9.97 Å². The van der Waals surface area contributed by atoms with E-state index < -0.39 is 5.97 Å². The number of aromatic nitrogens is 2. The van der Waals surface area contributed by atoms with Crippen LogP contribution in [0.1, 0.15) is 23.4 Å². The molecule has 20 heavy (non-hydrogen) atoms. The number of carbonyl (C=O) groups is 1. The predicted octanol–water partition coefficient (Wildman–Crippen LogP) is 3.47. The molecule has 0 radical (unpaired) electrons. The number of thiophene rings is 1. The largest absolute Gasteiger partial charge is 0.481 e. The van der Waals surface area contributed by atoms with E-state index in [9.17, 15) is 4.79 Å². The smallest absolute Gasteiger partial charge is 0.306 e. The number of rotatable bonds is 2. The van der Waals surface area contributed by atoms with Crippen LogP contribution in [0.4, 0.5) is 0 Å². The monoisotopic (exact) mass is 352 g/mol. The Morgan fingerprint density at radius 1 is 1.50 bits per heavy atom. The Kier molecular flexibility index (Phi) is 3.60. The van der Waals surface area contributed by atoms with E-state index in [0.29, 0.717) is 12.8 Å². The molecule has 4 nitrogen and oxygen atoms in total. The van der Waals surface area contributed by atoms with Crippen molar-refractivity contribution in [1.82, 2.24) is 9.97 Å². The molecular formula is C14H13BrN2O2S. The number of fused-ring (bicyclic) bond motifs is 1. The lowest BCUT2D eigenvalue weighted by atomic mass is 9.86. The molecule has 2 aromatic rings. The van der Waals surface area contributed by atoms with Crippen LogP contribution in [0.15, 0.2) is 15.9 Å². The SMILES string of the molecule is Cc1nc(-c2cc(Br)cs2)nc2c1CC(C(=O)O)CC2. The van der Waals surface area contributed by atoms with Gasteiger partial charge in [-0.2, -0.15) is 0 Å². The number of aliphatic carboxylic acids is 1. The van der Waals surface area contributed by atoms with Crippen LogP contribution in [0.2, 0.25) is 0 Å². The Bertz CT molecular complexity index is 684. The first-order chi connectivity index (χ1) is 9.54. The standard InChI is InChI=1S/C14H13BrN2O2S/c1-7-10-4-8(14(18)19)2-3-11(10)17-13(16-7)12-5-9(15)6-20-12/h5-6,8H,2-4H2,1H3,(H,18,19). The third-order valence-electron chi connectivity index (χ3n) is 3.62. The number of aryl methyl sites for hydroxylation is 2. The normalized spacial score (nSPS) is 17.8. The highest BCUT2D eigenvalue weighted by Gasteiger charge is 2.27. The summed E-state index contributed by atoms with van der Waals surface area (Å²) in [7, 11) is 0. The van der Waals surface area contributed by atoms with Gasteiger partial charge in [0.25, 0.3) is 0 Å². The molecule has 0 saturated carbocycles. The maximum absolute atomic E-state index is 11.1. The van der Waals surface area contributed by atoms with Crippen molar-refractivity contribution in [3.05, 3.63) is 32.9 Å². The number of hydrogen-bond donors (Lipinski definition) is 1. The fraction of sp³-hybridized carbons (Fsp3) is 0.357. The predicted molar refractivity (Wildman–Crippen MR) is 80.9 cm³/mol. The lowest BCUT2D eigenvalue weighted by molar-refractivity contribution is -0.142. The Balaban J connectivity index is 2.00. The molecule has 3 rings (SSSR count). The quantitative estimate of drug-likeness (QED) is 0.898. The highest BCUT2D eigenvalue weighted by Crippen LogP contribution is 2.31. The van der Waals surface area contributed by atoms with Crippen LogP contribution in [0.3, 0.4) is 0 Å². The molecule has 6 heteroatoms. The number of carboxylic acids is 1. The van der Waals surface area contributed by atoms with Gasteiger partial charge in [-0.1, -0.05) is 0 Å². The Labute approximate surface area is 129 Å². The van der Waals surface area contributed by atoms with E-state index in [2.05, 4.69) is 25.9 Å². The second kappa shape index (κ2) is 5.26. The summed E-state index contributed by atoms with van der Waals surface area (Å²) in [6.45, 7) is 1.94. The molecule has 0 fully saturated rings. The van der Waals surface area contributed by atoms with Crippen molar-refractivity contribution >= 4 is 33.2 Å². The van der Waals surface area contributed by atoms with E-state index >= 15 is 0 Å². The van der Waals surface area contributed by atoms with Gasteiger partial charge in [-0.3, -0.25) is 4.79 Å².